The van der Waals surface area contributed by atoms with Gasteiger partial charge < -0.3 is 10.1 Å². The lowest BCUT2D eigenvalue weighted by atomic mass is 10.0. The molecule has 0 aliphatic rings. The summed E-state index contributed by atoms with van der Waals surface area (Å²) in [6.07, 6.45) is 0.997. The smallest absolute Gasteiger partial charge is 0.133 e. The first-order valence-corrected chi connectivity index (χ1v) is 8.96. The van der Waals surface area contributed by atoms with Gasteiger partial charge in [0, 0.05) is 4.88 Å². The third-order valence-electron chi connectivity index (χ3n) is 3.23. The van der Waals surface area contributed by atoms with Crippen LogP contribution in [-0.2, 0) is 0 Å². The Labute approximate surface area is 143 Å². The number of ether oxygens (including phenoxy) is 1. The number of aryl methyl sites for hydroxylation is 1. The highest BCUT2D eigenvalue weighted by Gasteiger charge is 2.19. The molecule has 2 aromatic rings. The summed E-state index contributed by atoms with van der Waals surface area (Å²) in [5, 5.41) is 6.28. The van der Waals surface area contributed by atoms with Gasteiger partial charge in [0.2, 0.25) is 0 Å². The molecule has 1 heterocycles. The van der Waals surface area contributed by atoms with Crippen LogP contribution in [0.2, 0.25) is 5.02 Å². The van der Waals surface area contributed by atoms with Gasteiger partial charge >= 0.3 is 0 Å². The van der Waals surface area contributed by atoms with Crippen molar-refractivity contribution in [1.82, 2.24) is 5.32 Å². The molecule has 0 radical (unpaired) electrons. The average Bonchev–Trinajstić information content (AvgIpc) is 2.80. The van der Waals surface area contributed by atoms with Crippen LogP contribution in [-0.4, -0.2) is 13.7 Å². The van der Waals surface area contributed by atoms with E-state index >= 15 is 0 Å². The van der Waals surface area contributed by atoms with Crippen LogP contribution < -0.4 is 10.1 Å². The first kappa shape index (κ1) is 16.8. The molecule has 5 heteroatoms. The lowest BCUT2D eigenvalue weighted by Crippen LogP contribution is -2.17. The Morgan fingerprint density at radius 2 is 2.19 bits per heavy atom. The molecule has 0 fully saturated rings. The molecule has 1 aromatic heterocycles. The zero-order valence-corrected chi connectivity index (χ0v) is 15.5. The van der Waals surface area contributed by atoms with Gasteiger partial charge in [0.15, 0.2) is 0 Å². The van der Waals surface area contributed by atoms with E-state index in [-0.39, 0.29) is 6.04 Å². The fourth-order valence-electron chi connectivity index (χ4n) is 2.12. The molecule has 0 amide bonds. The number of hydrogen-bond donors (Lipinski definition) is 1. The highest BCUT2D eigenvalue weighted by Crippen LogP contribution is 2.37. The highest BCUT2D eigenvalue weighted by molar-refractivity contribution is 9.10. The van der Waals surface area contributed by atoms with Gasteiger partial charge in [-0.2, -0.15) is 0 Å². The van der Waals surface area contributed by atoms with Crippen molar-refractivity contribution >= 4 is 38.9 Å². The summed E-state index contributed by atoms with van der Waals surface area (Å²) in [5.74, 6) is 0.879. The average molecular weight is 389 g/mol. The van der Waals surface area contributed by atoms with Crippen LogP contribution in [0, 0.1) is 6.92 Å². The largest absolute Gasteiger partial charge is 0.492 e. The van der Waals surface area contributed by atoms with E-state index in [4.69, 9.17) is 16.3 Å². The van der Waals surface area contributed by atoms with E-state index in [1.165, 1.54) is 0 Å². The summed E-state index contributed by atoms with van der Waals surface area (Å²) in [7, 11) is 1.95. The molecule has 2 rings (SSSR count). The molecule has 0 saturated carbocycles. The first-order chi connectivity index (χ1) is 10.1. The van der Waals surface area contributed by atoms with Crippen molar-refractivity contribution in [3.63, 3.8) is 0 Å². The van der Waals surface area contributed by atoms with Gasteiger partial charge in [-0.05, 0) is 65.0 Å². The molecule has 1 unspecified atom stereocenters. The summed E-state index contributed by atoms with van der Waals surface area (Å²) in [4.78, 5) is 1.14. The summed E-state index contributed by atoms with van der Waals surface area (Å²) in [5.41, 5.74) is 2.29. The maximum Gasteiger partial charge on any atom is 0.133 e. The molecule has 114 valence electrons. The fourth-order valence-corrected chi connectivity index (χ4v) is 4.07. The summed E-state index contributed by atoms with van der Waals surface area (Å²) < 4.78 is 6.67. The van der Waals surface area contributed by atoms with E-state index < -0.39 is 0 Å². The predicted molar refractivity (Wildman–Crippen MR) is 94.9 cm³/mol. The number of nitrogens with one attached hydrogen (secondary N) is 1. The maximum absolute atomic E-state index is 6.41. The van der Waals surface area contributed by atoms with Crippen LogP contribution in [0.25, 0.3) is 0 Å². The minimum Gasteiger partial charge on any atom is -0.492 e. The van der Waals surface area contributed by atoms with Crippen molar-refractivity contribution in [3.05, 3.63) is 49.1 Å². The maximum atomic E-state index is 6.41. The minimum absolute atomic E-state index is 0.0905. The zero-order valence-electron chi connectivity index (χ0n) is 12.4. The normalized spacial score (nSPS) is 12.4. The minimum atomic E-state index is 0.0905. The Balaban J connectivity index is 2.31. The molecule has 21 heavy (non-hydrogen) atoms. The van der Waals surface area contributed by atoms with Crippen LogP contribution in [0.15, 0.2) is 28.1 Å². The van der Waals surface area contributed by atoms with Crippen LogP contribution in [0.5, 0.6) is 5.75 Å². The highest BCUT2D eigenvalue weighted by atomic mass is 79.9. The van der Waals surface area contributed by atoms with Gasteiger partial charge in [-0.25, -0.2) is 0 Å². The molecule has 0 bridgehead atoms. The topological polar surface area (TPSA) is 21.3 Å². The second-order valence-electron chi connectivity index (χ2n) is 4.86. The molecule has 0 spiro atoms. The zero-order chi connectivity index (χ0) is 15.4. The Kier molecular flexibility index (Phi) is 6.11. The van der Waals surface area contributed by atoms with Gasteiger partial charge in [-0.1, -0.05) is 24.6 Å². The van der Waals surface area contributed by atoms with Gasteiger partial charge in [-0.3, -0.25) is 0 Å². The number of thiophene rings is 1. The van der Waals surface area contributed by atoms with Crippen LogP contribution in [0.1, 0.15) is 35.4 Å². The lowest BCUT2D eigenvalue weighted by molar-refractivity contribution is 0.315. The Morgan fingerprint density at radius 1 is 1.43 bits per heavy atom. The van der Waals surface area contributed by atoms with E-state index in [2.05, 4.69) is 45.7 Å². The fraction of sp³-hybridized carbons (Fsp3) is 0.375. The second-order valence-corrected chi connectivity index (χ2v) is 7.00. The second kappa shape index (κ2) is 7.63. The Bertz CT molecular complexity index is 614. The van der Waals surface area contributed by atoms with Crippen molar-refractivity contribution < 1.29 is 4.74 Å². The van der Waals surface area contributed by atoms with E-state index in [1.54, 1.807) is 11.3 Å². The van der Waals surface area contributed by atoms with E-state index in [0.29, 0.717) is 0 Å². The van der Waals surface area contributed by atoms with Crippen LogP contribution >= 0.6 is 38.9 Å². The monoisotopic (exact) mass is 387 g/mol. The third kappa shape index (κ3) is 3.81. The van der Waals surface area contributed by atoms with Crippen molar-refractivity contribution in [2.45, 2.75) is 26.3 Å². The van der Waals surface area contributed by atoms with Gasteiger partial charge in [0.1, 0.15) is 5.75 Å². The van der Waals surface area contributed by atoms with E-state index in [0.717, 1.165) is 44.3 Å². The number of hydrogen-bond acceptors (Lipinski definition) is 3. The Hall–Kier alpha value is -0.550. The first-order valence-electron chi connectivity index (χ1n) is 6.91. The SMILES string of the molecule is CCCOc1ccc(C(NC)c2scc(C)c2Cl)cc1Br. The standard InChI is InChI=1S/C16H19BrClNOS/c1-4-7-20-13-6-5-11(8-12(13)17)15(19-3)16-14(18)10(2)9-21-16/h5-6,8-9,15,19H,4,7H2,1-3H3. The van der Waals surface area contributed by atoms with Crippen molar-refractivity contribution in [1.29, 1.82) is 0 Å². The van der Waals surface area contributed by atoms with Crippen LogP contribution in [0.3, 0.4) is 0 Å². The summed E-state index contributed by atoms with van der Waals surface area (Å²) >= 11 is 11.7. The van der Waals surface area contributed by atoms with Gasteiger partial charge in [-0.15, -0.1) is 11.3 Å². The molecule has 1 atom stereocenters. The van der Waals surface area contributed by atoms with Gasteiger partial charge in [0.25, 0.3) is 0 Å². The van der Waals surface area contributed by atoms with Crippen molar-refractivity contribution in [3.8, 4) is 5.75 Å². The van der Waals surface area contributed by atoms with Crippen molar-refractivity contribution in [2.75, 3.05) is 13.7 Å². The van der Waals surface area contributed by atoms with Gasteiger partial charge in [0.05, 0.1) is 22.1 Å². The predicted octanol–water partition coefficient (Wildman–Crippen LogP) is 5.57. The van der Waals surface area contributed by atoms with E-state index in [1.807, 2.05) is 20.0 Å². The number of rotatable bonds is 6. The molecule has 0 aliphatic heterocycles. The third-order valence-corrected chi connectivity index (χ3v) is 5.63. The molecule has 0 saturated heterocycles. The number of halogens is 2. The molecule has 1 aromatic carbocycles. The lowest BCUT2D eigenvalue weighted by Gasteiger charge is -2.17. The number of benzene rings is 1. The summed E-state index contributed by atoms with van der Waals surface area (Å²) in [6.45, 7) is 4.86. The van der Waals surface area contributed by atoms with Crippen LogP contribution in [0.4, 0.5) is 0 Å². The summed E-state index contributed by atoms with van der Waals surface area (Å²) in [6, 6.07) is 6.28. The molecular weight excluding hydrogens is 370 g/mol. The van der Waals surface area contributed by atoms with Crippen molar-refractivity contribution in [2.24, 2.45) is 0 Å². The molecule has 1 N–H and O–H groups in total. The molecular formula is C16H19BrClNOS. The molecule has 2 nitrogen and oxygen atoms in total. The quantitative estimate of drug-likeness (QED) is 0.698. The Morgan fingerprint density at radius 3 is 2.71 bits per heavy atom. The molecule has 0 aliphatic carbocycles. The van der Waals surface area contributed by atoms with E-state index in [9.17, 15) is 0 Å².